The quantitative estimate of drug-likeness (QED) is 0.556. The van der Waals surface area contributed by atoms with E-state index in [0.29, 0.717) is 30.2 Å². The Kier molecular flexibility index (Phi) is 7.65. The molecular formula is C25H26N2O4. The first-order chi connectivity index (χ1) is 15.1. The van der Waals surface area contributed by atoms with Gasteiger partial charge in [-0.25, -0.2) is 0 Å². The lowest BCUT2D eigenvalue weighted by molar-refractivity contribution is -0.120. The van der Waals surface area contributed by atoms with Gasteiger partial charge >= 0.3 is 0 Å². The lowest BCUT2D eigenvalue weighted by Gasteiger charge is -2.13. The van der Waals surface area contributed by atoms with Gasteiger partial charge in [-0.3, -0.25) is 9.59 Å². The van der Waals surface area contributed by atoms with Crippen molar-refractivity contribution >= 4 is 11.8 Å². The van der Waals surface area contributed by atoms with Crippen molar-refractivity contribution in [3.05, 3.63) is 95.1 Å². The highest BCUT2D eigenvalue weighted by molar-refractivity contribution is 5.97. The summed E-state index contributed by atoms with van der Waals surface area (Å²) in [6.45, 7) is 2.51. The van der Waals surface area contributed by atoms with Crippen molar-refractivity contribution in [1.82, 2.24) is 10.6 Å². The first-order valence-electron chi connectivity index (χ1n) is 10.0. The molecule has 0 heterocycles. The summed E-state index contributed by atoms with van der Waals surface area (Å²) in [6, 6.07) is 22.6. The number of carbonyl (C=O) groups excluding carboxylic acids is 2. The molecule has 0 aliphatic heterocycles. The second-order valence-corrected chi connectivity index (χ2v) is 7.03. The Balaban J connectivity index is 1.50. The van der Waals surface area contributed by atoms with Crippen molar-refractivity contribution in [2.45, 2.75) is 20.1 Å². The number of ether oxygens (including phenoxy) is 2. The van der Waals surface area contributed by atoms with E-state index in [9.17, 15) is 9.59 Å². The minimum Gasteiger partial charge on any atom is -0.493 e. The van der Waals surface area contributed by atoms with Crippen LogP contribution in [0.15, 0.2) is 72.8 Å². The fourth-order valence-electron chi connectivity index (χ4n) is 3.02. The van der Waals surface area contributed by atoms with E-state index in [1.165, 1.54) is 0 Å². The van der Waals surface area contributed by atoms with Crippen LogP contribution in [0.1, 0.15) is 27.0 Å². The average molecular weight is 418 g/mol. The number of amides is 2. The molecule has 2 N–H and O–H groups in total. The van der Waals surface area contributed by atoms with E-state index in [2.05, 4.69) is 10.6 Å². The normalized spacial score (nSPS) is 10.3. The molecule has 0 aliphatic carbocycles. The summed E-state index contributed by atoms with van der Waals surface area (Å²) in [5.74, 6) is 0.683. The molecule has 2 amide bonds. The zero-order valence-electron chi connectivity index (χ0n) is 17.7. The fourth-order valence-corrected chi connectivity index (χ4v) is 3.02. The SMILES string of the molecule is COc1cc(CNC(=O)CNC(=O)c2ccccc2C)ccc1OCc1ccccc1. The van der Waals surface area contributed by atoms with Gasteiger partial charge in [0.05, 0.1) is 13.7 Å². The molecule has 3 aromatic rings. The van der Waals surface area contributed by atoms with Crippen molar-refractivity contribution < 1.29 is 19.1 Å². The predicted octanol–water partition coefficient (Wildman–Crippen LogP) is 3.63. The van der Waals surface area contributed by atoms with Crippen LogP contribution in [-0.2, 0) is 17.9 Å². The van der Waals surface area contributed by atoms with E-state index >= 15 is 0 Å². The second-order valence-electron chi connectivity index (χ2n) is 7.03. The van der Waals surface area contributed by atoms with E-state index in [1.54, 1.807) is 19.2 Å². The van der Waals surface area contributed by atoms with Gasteiger partial charge in [-0.15, -0.1) is 0 Å². The molecule has 0 saturated heterocycles. The summed E-state index contributed by atoms with van der Waals surface area (Å²) in [7, 11) is 1.58. The molecule has 0 atom stereocenters. The number of benzene rings is 3. The Bertz CT molecular complexity index is 1030. The third kappa shape index (κ3) is 6.34. The van der Waals surface area contributed by atoms with Gasteiger partial charge in [-0.1, -0.05) is 54.6 Å². The van der Waals surface area contributed by atoms with Crippen molar-refractivity contribution in [2.24, 2.45) is 0 Å². The molecule has 0 unspecified atom stereocenters. The lowest BCUT2D eigenvalue weighted by atomic mass is 10.1. The molecule has 3 aromatic carbocycles. The number of carbonyl (C=O) groups is 2. The van der Waals surface area contributed by atoms with Crippen molar-refractivity contribution in [3.8, 4) is 11.5 Å². The molecule has 6 heteroatoms. The maximum Gasteiger partial charge on any atom is 0.251 e. The molecule has 0 aliphatic rings. The molecule has 0 aromatic heterocycles. The lowest BCUT2D eigenvalue weighted by Crippen LogP contribution is -2.36. The van der Waals surface area contributed by atoms with Gasteiger partial charge in [0.2, 0.25) is 5.91 Å². The Hall–Kier alpha value is -3.80. The molecule has 0 saturated carbocycles. The predicted molar refractivity (Wildman–Crippen MR) is 119 cm³/mol. The molecule has 0 bridgehead atoms. The Morgan fingerprint density at radius 2 is 1.58 bits per heavy atom. The monoisotopic (exact) mass is 418 g/mol. The zero-order valence-corrected chi connectivity index (χ0v) is 17.7. The molecule has 0 spiro atoms. The van der Waals surface area contributed by atoms with Gasteiger partial charge < -0.3 is 20.1 Å². The van der Waals surface area contributed by atoms with Crippen molar-refractivity contribution in [2.75, 3.05) is 13.7 Å². The summed E-state index contributed by atoms with van der Waals surface area (Å²) in [5, 5.41) is 5.44. The first kappa shape index (κ1) is 21.9. The molecular weight excluding hydrogens is 392 g/mol. The van der Waals surface area contributed by atoms with E-state index < -0.39 is 0 Å². The highest BCUT2D eigenvalue weighted by Gasteiger charge is 2.11. The number of aryl methyl sites for hydroxylation is 1. The maximum absolute atomic E-state index is 12.2. The summed E-state index contributed by atoms with van der Waals surface area (Å²) in [5.41, 5.74) is 3.35. The number of nitrogens with one attached hydrogen (secondary N) is 2. The van der Waals surface area contributed by atoms with Gasteiger partial charge in [0.15, 0.2) is 11.5 Å². The second kappa shape index (κ2) is 10.8. The Morgan fingerprint density at radius 1 is 0.839 bits per heavy atom. The number of hydrogen-bond donors (Lipinski definition) is 2. The van der Waals surface area contributed by atoms with Crippen LogP contribution in [0.5, 0.6) is 11.5 Å². The van der Waals surface area contributed by atoms with E-state index in [1.807, 2.05) is 67.6 Å². The van der Waals surface area contributed by atoms with E-state index in [0.717, 1.165) is 16.7 Å². The van der Waals surface area contributed by atoms with Gasteiger partial charge in [-0.2, -0.15) is 0 Å². The van der Waals surface area contributed by atoms with Gasteiger partial charge in [-0.05, 0) is 41.8 Å². The fraction of sp³-hybridized carbons (Fsp3) is 0.200. The van der Waals surface area contributed by atoms with Crippen LogP contribution in [0.3, 0.4) is 0 Å². The van der Waals surface area contributed by atoms with Crippen molar-refractivity contribution in [3.63, 3.8) is 0 Å². The first-order valence-corrected chi connectivity index (χ1v) is 10.0. The average Bonchev–Trinajstić information content (AvgIpc) is 2.81. The van der Waals surface area contributed by atoms with Crippen LogP contribution < -0.4 is 20.1 Å². The minimum atomic E-state index is -0.273. The zero-order chi connectivity index (χ0) is 22.1. The minimum absolute atomic E-state index is 0.0947. The highest BCUT2D eigenvalue weighted by atomic mass is 16.5. The van der Waals surface area contributed by atoms with Crippen molar-refractivity contribution in [1.29, 1.82) is 0 Å². The van der Waals surface area contributed by atoms with Crippen LogP contribution in [0, 0.1) is 6.92 Å². The van der Waals surface area contributed by atoms with Crippen LogP contribution in [0.25, 0.3) is 0 Å². The van der Waals surface area contributed by atoms with Gasteiger partial charge in [0.25, 0.3) is 5.91 Å². The Morgan fingerprint density at radius 3 is 2.32 bits per heavy atom. The summed E-state index contributed by atoms with van der Waals surface area (Å²) in [6.07, 6.45) is 0. The smallest absolute Gasteiger partial charge is 0.251 e. The van der Waals surface area contributed by atoms with E-state index in [-0.39, 0.29) is 18.4 Å². The topological polar surface area (TPSA) is 76.7 Å². The molecule has 0 fully saturated rings. The third-order valence-electron chi connectivity index (χ3n) is 4.75. The van der Waals surface area contributed by atoms with Crippen LogP contribution in [0.4, 0.5) is 0 Å². The molecule has 3 rings (SSSR count). The standard InChI is InChI=1S/C25H26N2O4/c1-18-8-6-7-11-21(18)25(29)27-16-24(28)26-15-20-12-13-22(23(14-20)30-2)31-17-19-9-4-3-5-10-19/h3-14H,15-17H2,1-2H3,(H,26,28)(H,27,29). The van der Waals surface area contributed by atoms with Crippen LogP contribution in [-0.4, -0.2) is 25.5 Å². The largest absolute Gasteiger partial charge is 0.493 e. The van der Waals surface area contributed by atoms with Crippen LogP contribution in [0.2, 0.25) is 0 Å². The number of hydrogen-bond acceptors (Lipinski definition) is 4. The van der Waals surface area contributed by atoms with E-state index in [4.69, 9.17) is 9.47 Å². The Labute approximate surface area is 182 Å². The van der Waals surface area contributed by atoms with Crippen LogP contribution >= 0.6 is 0 Å². The summed E-state index contributed by atoms with van der Waals surface area (Å²) < 4.78 is 11.3. The summed E-state index contributed by atoms with van der Waals surface area (Å²) in [4.78, 5) is 24.3. The number of methoxy groups -OCH3 is 1. The molecule has 160 valence electrons. The highest BCUT2D eigenvalue weighted by Crippen LogP contribution is 2.28. The summed E-state index contributed by atoms with van der Waals surface area (Å²) >= 11 is 0. The molecule has 6 nitrogen and oxygen atoms in total. The molecule has 31 heavy (non-hydrogen) atoms. The van der Waals surface area contributed by atoms with Gasteiger partial charge in [0, 0.05) is 12.1 Å². The molecule has 0 radical (unpaired) electrons. The maximum atomic E-state index is 12.2. The van der Waals surface area contributed by atoms with Gasteiger partial charge in [0.1, 0.15) is 6.61 Å². The number of rotatable bonds is 9. The third-order valence-corrected chi connectivity index (χ3v) is 4.75.